The van der Waals surface area contributed by atoms with Crippen LogP contribution in [0.25, 0.3) is 0 Å². The van der Waals surface area contributed by atoms with Crippen molar-refractivity contribution in [3.63, 3.8) is 0 Å². The predicted octanol–water partition coefficient (Wildman–Crippen LogP) is 2.02. The smallest absolute Gasteiger partial charge is 0.231 e. The standard InChI is InChI=1S/C14H14N2O4/c1-2-16-4-3-15-14(16)8-18-11-6-13-12(19-9-20-13)5-10(11)7-17/h3-7H,2,8-9H2,1H3. The molecule has 0 aliphatic carbocycles. The van der Waals surface area contributed by atoms with Gasteiger partial charge in [-0.3, -0.25) is 4.79 Å². The number of carbonyl (C=O) groups excluding carboxylic acids is 1. The van der Waals surface area contributed by atoms with Crippen molar-refractivity contribution in [2.75, 3.05) is 6.79 Å². The Morgan fingerprint density at radius 2 is 2.20 bits per heavy atom. The highest BCUT2D eigenvalue weighted by atomic mass is 16.7. The lowest BCUT2D eigenvalue weighted by Crippen LogP contribution is -2.06. The molecule has 0 fully saturated rings. The molecule has 20 heavy (non-hydrogen) atoms. The summed E-state index contributed by atoms with van der Waals surface area (Å²) in [7, 11) is 0. The molecule has 0 amide bonds. The van der Waals surface area contributed by atoms with Crippen LogP contribution in [0.15, 0.2) is 24.5 Å². The lowest BCUT2D eigenvalue weighted by Gasteiger charge is -2.10. The van der Waals surface area contributed by atoms with E-state index in [1.807, 2.05) is 17.7 Å². The van der Waals surface area contributed by atoms with Gasteiger partial charge in [-0.05, 0) is 13.0 Å². The molecule has 104 valence electrons. The van der Waals surface area contributed by atoms with E-state index in [0.29, 0.717) is 29.4 Å². The van der Waals surface area contributed by atoms with E-state index in [4.69, 9.17) is 14.2 Å². The summed E-state index contributed by atoms with van der Waals surface area (Å²) in [4.78, 5) is 15.3. The fourth-order valence-corrected chi connectivity index (χ4v) is 2.07. The molecule has 1 aliphatic heterocycles. The van der Waals surface area contributed by atoms with Crippen LogP contribution in [-0.2, 0) is 13.2 Å². The van der Waals surface area contributed by atoms with Gasteiger partial charge in [-0.2, -0.15) is 0 Å². The van der Waals surface area contributed by atoms with Crippen LogP contribution < -0.4 is 14.2 Å². The fraction of sp³-hybridized carbons (Fsp3) is 0.286. The number of hydrogen-bond acceptors (Lipinski definition) is 5. The predicted molar refractivity (Wildman–Crippen MR) is 70.2 cm³/mol. The molecule has 0 saturated heterocycles. The van der Waals surface area contributed by atoms with E-state index in [-0.39, 0.29) is 6.79 Å². The number of aryl methyl sites for hydroxylation is 1. The second kappa shape index (κ2) is 5.24. The Morgan fingerprint density at radius 1 is 1.40 bits per heavy atom. The lowest BCUT2D eigenvalue weighted by atomic mass is 10.2. The average molecular weight is 274 g/mol. The number of nitrogens with zero attached hydrogens (tertiary/aromatic N) is 2. The van der Waals surface area contributed by atoms with Crippen molar-refractivity contribution < 1.29 is 19.0 Å². The molecule has 0 atom stereocenters. The van der Waals surface area contributed by atoms with Crippen LogP contribution in [0.4, 0.5) is 0 Å². The Bertz CT molecular complexity index is 636. The molecular formula is C14H14N2O4. The number of fused-ring (bicyclic) bond motifs is 1. The molecule has 1 aromatic heterocycles. The Morgan fingerprint density at radius 3 is 2.95 bits per heavy atom. The molecule has 2 heterocycles. The van der Waals surface area contributed by atoms with Gasteiger partial charge in [-0.15, -0.1) is 0 Å². The van der Waals surface area contributed by atoms with Crippen LogP contribution >= 0.6 is 0 Å². The zero-order valence-electron chi connectivity index (χ0n) is 11.0. The Hall–Kier alpha value is -2.50. The zero-order valence-corrected chi connectivity index (χ0v) is 11.0. The molecule has 0 spiro atoms. The highest BCUT2D eigenvalue weighted by Gasteiger charge is 2.18. The molecule has 0 bridgehead atoms. The number of carbonyl (C=O) groups is 1. The number of ether oxygens (including phenoxy) is 3. The molecule has 2 aromatic rings. The number of imidazole rings is 1. The van der Waals surface area contributed by atoms with Crippen molar-refractivity contribution in [3.05, 3.63) is 35.9 Å². The summed E-state index contributed by atoms with van der Waals surface area (Å²) < 4.78 is 18.2. The summed E-state index contributed by atoms with van der Waals surface area (Å²) in [5.74, 6) is 2.43. The van der Waals surface area contributed by atoms with Crippen molar-refractivity contribution in [1.29, 1.82) is 0 Å². The highest BCUT2D eigenvalue weighted by molar-refractivity contribution is 5.81. The maximum absolute atomic E-state index is 11.1. The fourth-order valence-electron chi connectivity index (χ4n) is 2.07. The van der Waals surface area contributed by atoms with Crippen molar-refractivity contribution in [2.45, 2.75) is 20.1 Å². The van der Waals surface area contributed by atoms with Crippen molar-refractivity contribution in [1.82, 2.24) is 9.55 Å². The van der Waals surface area contributed by atoms with Gasteiger partial charge >= 0.3 is 0 Å². The first-order chi connectivity index (χ1) is 9.81. The Kier molecular flexibility index (Phi) is 3.28. The second-order valence-electron chi connectivity index (χ2n) is 4.28. The molecular weight excluding hydrogens is 260 g/mol. The second-order valence-corrected chi connectivity index (χ2v) is 4.28. The van der Waals surface area contributed by atoms with Crippen LogP contribution in [0.2, 0.25) is 0 Å². The van der Waals surface area contributed by atoms with Gasteiger partial charge in [0.25, 0.3) is 0 Å². The maximum Gasteiger partial charge on any atom is 0.231 e. The van der Waals surface area contributed by atoms with E-state index in [2.05, 4.69) is 4.98 Å². The third-order valence-corrected chi connectivity index (χ3v) is 3.13. The number of rotatable bonds is 5. The van der Waals surface area contributed by atoms with Gasteiger partial charge in [0.1, 0.15) is 18.2 Å². The van der Waals surface area contributed by atoms with Crippen molar-refractivity contribution in [3.8, 4) is 17.2 Å². The average Bonchev–Trinajstić information content (AvgIpc) is 3.11. The maximum atomic E-state index is 11.1. The van der Waals surface area contributed by atoms with Crippen LogP contribution in [-0.4, -0.2) is 22.6 Å². The lowest BCUT2D eigenvalue weighted by molar-refractivity contribution is 0.111. The molecule has 3 rings (SSSR count). The van der Waals surface area contributed by atoms with Gasteiger partial charge < -0.3 is 18.8 Å². The van der Waals surface area contributed by atoms with E-state index in [9.17, 15) is 4.79 Å². The molecule has 0 N–H and O–H groups in total. The summed E-state index contributed by atoms with van der Waals surface area (Å²) in [6.07, 6.45) is 4.35. The molecule has 6 nitrogen and oxygen atoms in total. The van der Waals surface area contributed by atoms with Gasteiger partial charge in [0.2, 0.25) is 6.79 Å². The van der Waals surface area contributed by atoms with E-state index in [1.54, 1.807) is 18.3 Å². The van der Waals surface area contributed by atoms with Crippen LogP contribution in [0.5, 0.6) is 17.2 Å². The van der Waals surface area contributed by atoms with Gasteiger partial charge in [0.15, 0.2) is 17.8 Å². The Balaban J connectivity index is 1.82. The van der Waals surface area contributed by atoms with Crippen molar-refractivity contribution in [2.24, 2.45) is 0 Å². The number of benzene rings is 1. The third kappa shape index (κ3) is 2.20. The zero-order chi connectivity index (χ0) is 13.9. The van der Waals surface area contributed by atoms with Crippen molar-refractivity contribution >= 4 is 6.29 Å². The monoisotopic (exact) mass is 274 g/mol. The molecule has 1 aromatic carbocycles. The van der Waals surface area contributed by atoms with Gasteiger partial charge in [0, 0.05) is 25.0 Å². The normalized spacial score (nSPS) is 12.4. The summed E-state index contributed by atoms with van der Waals surface area (Å²) in [5, 5.41) is 0. The van der Waals surface area contributed by atoms with E-state index >= 15 is 0 Å². The van der Waals surface area contributed by atoms with Gasteiger partial charge in [-0.25, -0.2) is 4.98 Å². The molecule has 0 saturated carbocycles. The van der Waals surface area contributed by atoms with E-state index in [1.165, 1.54) is 0 Å². The van der Waals surface area contributed by atoms with E-state index < -0.39 is 0 Å². The Labute approximate surface area is 115 Å². The summed E-state index contributed by atoms with van der Waals surface area (Å²) in [6, 6.07) is 3.29. The number of hydrogen-bond donors (Lipinski definition) is 0. The minimum Gasteiger partial charge on any atom is -0.485 e. The molecule has 0 unspecified atom stereocenters. The summed E-state index contributed by atoms with van der Waals surface area (Å²) in [6.45, 7) is 3.31. The third-order valence-electron chi connectivity index (χ3n) is 3.13. The van der Waals surface area contributed by atoms with E-state index in [0.717, 1.165) is 18.7 Å². The number of aldehydes is 1. The SMILES string of the molecule is CCn1ccnc1COc1cc2c(cc1C=O)OCO2. The van der Waals surface area contributed by atoms with Crippen LogP contribution in [0.3, 0.4) is 0 Å². The van der Waals surface area contributed by atoms with Gasteiger partial charge in [0.05, 0.1) is 5.56 Å². The summed E-state index contributed by atoms with van der Waals surface area (Å²) >= 11 is 0. The van der Waals surface area contributed by atoms with Gasteiger partial charge in [-0.1, -0.05) is 0 Å². The minimum absolute atomic E-state index is 0.164. The quantitative estimate of drug-likeness (QED) is 0.781. The largest absolute Gasteiger partial charge is 0.485 e. The first kappa shape index (κ1) is 12.5. The summed E-state index contributed by atoms with van der Waals surface area (Å²) in [5.41, 5.74) is 0.434. The van der Waals surface area contributed by atoms with Crippen LogP contribution in [0, 0.1) is 0 Å². The minimum atomic E-state index is 0.164. The highest BCUT2D eigenvalue weighted by Crippen LogP contribution is 2.37. The van der Waals surface area contributed by atoms with Crippen LogP contribution in [0.1, 0.15) is 23.1 Å². The molecule has 0 radical (unpaired) electrons. The first-order valence-corrected chi connectivity index (χ1v) is 6.33. The molecule has 1 aliphatic rings. The molecule has 6 heteroatoms. The topological polar surface area (TPSA) is 62.6 Å². The number of aromatic nitrogens is 2. The first-order valence-electron chi connectivity index (χ1n) is 6.33.